The summed E-state index contributed by atoms with van der Waals surface area (Å²) in [5, 5.41) is 4.24. The maximum atomic E-state index is 5.63. The van der Waals surface area contributed by atoms with Crippen LogP contribution in [0, 0.1) is 13.8 Å². The Balaban J connectivity index is 1.65. The lowest BCUT2D eigenvalue weighted by atomic mass is 9.92. The van der Waals surface area contributed by atoms with Gasteiger partial charge in [0.05, 0.1) is 25.2 Å². The average molecular weight is 300 g/mol. The number of hydrogen-bond acceptors (Lipinski definition) is 5. The van der Waals surface area contributed by atoms with Gasteiger partial charge in [0.15, 0.2) is 11.9 Å². The molecule has 1 saturated heterocycles. The molecule has 1 aromatic carbocycles. The normalized spacial score (nSPS) is 23.5. The Morgan fingerprint density at radius 2 is 1.86 bits per heavy atom. The van der Waals surface area contributed by atoms with Gasteiger partial charge in [-0.15, -0.1) is 0 Å². The van der Waals surface area contributed by atoms with Crippen molar-refractivity contribution >= 4 is 0 Å². The predicted molar refractivity (Wildman–Crippen MR) is 79.7 cm³/mol. The van der Waals surface area contributed by atoms with Crippen LogP contribution >= 0.6 is 0 Å². The zero-order chi connectivity index (χ0) is 15.2. The monoisotopic (exact) mass is 300 g/mol. The smallest absolute Gasteiger partial charge is 0.258 e. The Morgan fingerprint density at radius 1 is 1.09 bits per heavy atom. The molecule has 2 aromatic rings. The molecule has 0 amide bonds. The maximum Gasteiger partial charge on any atom is 0.258 e. The second kappa shape index (κ2) is 5.18. The predicted octanol–water partition coefficient (Wildman–Crippen LogP) is 2.85. The van der Waals surface area contributed by atoms with Gasteiger partial charge in [-0.2, -0.15) is 4.98 Å². The Bertz CT molecular complexity index is 665. The minimum absolute atomic E-state index is 0.0753. The van der Waals surface area contributed by atoms with Crippen molar-refractivity contribution in [2.75, 3.05) is 19.8 Å². The largest absolute Gasteiger partial charge is 0.376 e. The standard InChI is InChI=1S/C17H20N2O3/c1-11-7-12(2)9-13(8-11)17(3-4-17)16-18-15(22-19-16)14-10-20-5-6-21-14/h7-9,14H,3-6,10H2,1-2H3. The molecule has 1 aliphatic heterocycles. The molecule has 4 rings (SSSR count). The molecule has 5 nitrogen and oxygen atoms in total. The number of aromatic nitrogens is 2. The van der Waals surface area contributed by atoms with E-state index in [1.165, 1.54) is 16.7 Å². The van der Waals surface area contributed by atoms with Gasteiger partial charge in [0.1, 0.15) is 0 Å². The van der Waals surface area contributed by atoms with Crippen LogP contribution in [0.5, 0.6) is 0 Å². The summed E-state index contributed by atoms with van der Waals surface area (Å²) in [4.78, 5) is 4.62. The summed E-state index contributed by atoms with van der Waals surface area (Å²) in [7, 11) is 0. The van der Waals surface area contributed by atoms with E-state index >= 15 is 0 Å². The van der Waals surface area contributed by atoms with E-state index in [2.05, 4.69) is 42.2 Å². The van der Waals surface area contributed by atoms with E-state index in [4.69, 9.17) is 14.0 Å². The number of hydrogen-bond donors (Lipinski definition) is 0. The van der Waals surface area contributed by atoms with Gasteiger partial charge in [-0.25, -0.2) is 0 Å². The van der Waals surface area contributed by atoms with Crippen molar-refractivity contribution in [2.45, 2.75) is 38.2 Å². The van der Waals surface area contributed by atoms with Crippen LogP contribution in [0.4, 0.5) is 0 Å². The van der Waals surface area contributed by atoms with Crippen LogP contribution < -0.4 is 0 Å². The molecule has 1 aliphatic carbocycles. The molecule has 22 heavy (non-hydrogen) atoms. The third-order valence-corrected chi connectivity index (χ3v) is 4.49. The fourth-order valence-electron chi connectivity index (χ4n) is 3.21. The van der Waals surface area contributed by atoms with Crippen molar-refractivity contribution in [3.63, 3.8) is 0 Å². The van der Waals surface area contributed by atoms with E-state index in [0.29, 0.717) is 25.7 Å². The molecule has 2 heterocycles. The molecule has 2 fully saturated rings. The van der Waals surface area contributed by atoms with E-state index in [9.17, 15) is 0 Å². The Labute approximate surface area is 129 Å². The van der Waals surface area contributed by atoms with Crippen LogP contribution in [0.15, 0.2) is 22.7 Å². The Kier molecular flexibility index (Phi) is 3.27. The van der Waals surface area contributed by atoms with E-state index < -0.39 is 0 Å². The summed E-state index contributed by atoms with van der Waals surface area (Å²) in [5.41, 5.74) is 3.76. The highest BCUT2D eigenvalue weighted by molar-refractivity contribution is 5.43. The van der Waals surface area contributed by atoms with Crippen molar-refractivity contribution in [2.24, 2.45) is 0 Å². The maximum absolute atomic E-state index is 5.63. The zero-order valence-electron chi connectivity index (χ0n) is 13.0. The van der Waals surface area contributed by atoms with Gasteiger partial charge in [0.25, 0.3) is 5.89 Å². The van der Waals surface area contributed by atoms with E-state index in [-0.39, 0.29) is 11.5 Å². The van der Waals surface area contributed by atoms with Crippen molar-refractivity contribution < 1.29 is 14.0 Å². The third kappa shape index (κ3) is 2.34. The first-order chi connectivity index (χ1) is 10.7. The highest BCUT2D eigenvalue weighted by atomic mass is 16.6. The molecule has 0 radical (unpaired) electrons. The summed E-state index contributed by atoms with van der Waals surface area (Å²) in [6, 6.07) is 6.65. The van der Waals surface area contributed by atoms with E-state index in [1.807, 2.05) is 0 Å². The fraction of sp³-hybridized carbons (Fsp3) is 0.529. The van der Waals surface area contributed by atoms with Crippen LogP contribution in [0.1, 0.15) is 47.4 Å². The van der Waals surface area contributed by atoms with Crippen LogP contribution in [-0.2, 0) is 14.9 Å². The molecule has 116 valence electrons. The topological polar surface area (TPSA) is 57.4 Å². The molecule has 2 aliphatic rings. The fourth-order valence-corrected chi connectivity index (χ4v) is 3.21. The molecule has 0 N–H and O–H groups in total. The lowest BCUT2D eigenvalue weighted by Gasteiger charge is -2.19. The van der Waals surface area contributed by atoms with Gasteiger partial charge < -0.3 is 14.0 Å². The van der Waals surface area contributed by atoms with Crippen molar-refractivity contribution in [1.82, 2.24) is 10.1 Å². The molecule has 5 heteroatoms. The number of aryl methyl sites for hydroxylation is 2. The first kappa shape index (κ1) is 13.9. The van der Waals surface area contributed by atoms with Crippen LogP contribution in [0.25, 0.3) is 0 Å². The first-order valence-electron chi connectivity index (χ1n) is 7.80. The van der Waals surface area contributed by atoms with Gasteiger partial charge in [-0.3, -0.25) is 0 Å². The summed E-state index contributed by atoms with van der Waals surface area (Å²) in [6.45, 7) is 5.94. The number of nitrogens with zero attached hydrogens (tertiary/aromatic N) is 2. The van der Waals surface area contributed by atoms with Crippen molar-refractivity contribution in [1.29, 1.82) is 0 Å². The summed E-state index contributed by atoms with van der Waals surface area (Å²) in [6.07, 6.45) is 1.90. The first-order valence-corrected chi connectivity index (χ1v) is 7.80. The molecule has 1 saturated carbocycles. The van der Waals surface area contributed by atoms with Gasteiger partial charge in [0.2, 0.25) is 0 Å². The number of rotatable bonds is 3. The van der Waals surface area contributed by atoms with Crippen LogP contribution in [-0.4, -0.2) is 30.0 Å². The minimum atomic E-state index is -0.231. The number of benzene rings is 1. The summed E-state index contributed by atoms with van der Waals surface area (Å²) < 4.78 is 16.5. The Hall–Kier alpha value is -1.72. The van der Waals surface area contributed by atoms with Gasteiger partial charge in [0, 0.05) is 0 Å². The average Bonchev–Trinajstić information content (AvgIpc) is 3.18. The molecule has 1 unspecified atom stereocenters. The molecule has 0 spiro atoms. The molecular weight excluding hydrogens is 280 g/mol. The summed E-state index contributed by atoms with van der Waals surface area (Å²) >= 11 is 0. The highest BCUT2D eigenvalue weighted by Crippen LogP contribution is 2.52. The van der Waals surface area contributed by atoms with Crippen LogP contribution in [0.2, 0.25) is 0 Å². The quantitative estimate of drug-likeness (QED) is 0.872. The Morgan fingerprint density at radius 3 is 2.50 bits per heavy atom. The minimum Gasteiger partial charge on any atom is -0.376 e. The second-order valence-corrected chi connectivity index (χ2v) is 6.35. The van der Waals surface area contributed by atoms with Gasteiger partial charge >= 0.3 is 0 Å². The van der Waals surface area contributed by atoms with E-state index in [0.717, 1.165) is 18.7 Å². The van der Waals surface area contributed by atoms with Crippen LogP contribution in [0.3, 0.4) is 0 Å². The molecular formula is C17H20N2O3. The van der Waals surface area contributed by atoms with E-state index in [1.54, 1.807) is 0 Å². The SMILES string of the molecule is Cc1cc(C)cc(C2(c3noc(C4COCCO4)n3)CC2)c1. The highest BCUT2D eigenvalue weighted by Gasteiger charge is 2.50. The lowest BCUT2D eigenvalue weighted by Crippen LogP contribution is -2.22. The van der Waals surface area contributed by atoms with Crippen molar-refractivity contribution in [3.8, 4) is 0 Å². The number of ether oxygens (including phenoxy) is 2. The molecule has 1 aromatic heterocycles. The third-order valence-electron chi connectivity index (χ3n) is 4.49. The zero-order valence-corrected chi connectivity index (χ0v) is 13.0. The van der Waals surface area contributed by atoms with Gasteiger partial charge in [-0.1, -0.05) is 34.5 Å². The summed E-state index contributed by atoms with van der Waals surface area (Å²) in [5.74, 6) is 1.31. The lowest BCUT2D eigenvalue weighted by molar-refractivity contribution is -0.101. The molecule has 1 atom stereocenters. The molecule has 0 bridgehead atoms. The van der Waals surface area contributed by atoms with Crippen molar-refractivity contribution in [3.05, 3.63) is 46.6 Å². The van der Waals surface area contributed by atoms with Gasteiger partial charge in [-0.05, 0) is 32.3 Å². The second-order valence-electron chi connectivity index (χ2n) is 6.35.